The summed E-state index contributed by atoms with van der Waals surface area (Å²) in [5.41, 5.74) is 7.76. The highest BCUT2D eigenvalue weighted by atomic mass is 16.5. The molecule has 5 nitrogen and oxygen atoms in total. The van der Waals surface area contributed by atoms with Crippen LogP contribution < -0.4 is 15.8 Å². The summed E-state index contributed by atoms with van der Waals surface area (Å²) < 4.78 is 5.78. The van der Waals surface area contributed by atoms with E-state index in [9.17, 15) is 9.90 Å². The normalized spacial score (nSPS) is 16.9. The molecule has 2 aromatic rings. The van der Waals surface area contributed by atoms with Crippen LogP contribution in [0, 0.1) is 5.92 Å². The number of hydrogen-bond acceptors (Lipinski definition) is 4. The molecule has 1 aliphatic rings. The molecule has 1 aliphatic carbocycles. The number of anilines is 1. The Kier molecular flexibility index (Phi) is 7.46. The van der Waals surface area contributed by atoms with Crippen LogP contribution in [0.2, 0.25) is 0 Å². The molecule has 2 atom stereocenters. The van der Waals surface area contributed by atoms with Gasteiger partial charge in [0.1, 0.15) is 18.5 Å². The Morgan fingerprint density at radius 3 is 2.61 bits per heavy atom. The minimum Gasteiger partial charge on any atom is -0.489 e. The van der Waals surface area contributed by atoms with Crippen LogP contribution in [0.3, 0.4) is 0 Å². The zero-order valence-electron chi connectivity index (χ0n) is 16.2. The molecule has 150 valence electrons. The lowest BCUT2D eigenvalue weighted by Gasteiger charge is -2.26. The second-order valence-corrected chi connectivity index (χ2v) is 7.64. The summed E-state index contributed by atoms with van der Waals surface area (Å²) in [7, 11) is 0. The molecule has 28 heavy (non-hydrogen) atoms. The number of aliphatic hydroxyl groups excluding tert-OH is 1. The molecule has 1 unspecified atom stereocenters. The van der Waals surface area contributed by atoms with E-state index in [1.54, 1.807) is 12.1 Å². The smallest absolute Gasteiger partial charge is 0.254 e. The highest BCUT2D eigenvalue weighted by Crippen LogP contribution is 2.27. The van der Waals surface area contributed by atoms with Crippen molar-refractivity contribution in [2.24, 2.45) is 11.7 Å². The van der Waals surface area contributed by atoms with Crippen LogP contribution >= 0.6 is 0 Å². The van der Waals surface area contributed by atoms with Crippen LogP contribution in [0.1, 0.15) is 44.1 Å². The number of nitrogens with one attached hydrogen (secondary N) is 1. The largest absolute Gasteiger partial charge is 0.489 e. The summed E-state index contributed by atoms with van der Waals surface area (Å²) >= 11 is 0. The number of rotatable bonds is 8. The van der Waals surface area contributed by atoms with E-state index in [0.29, 0.717) is 30.4 Å². The fourth-order valence-electron chi connectivity index (χ4n) is 3.75. The first kappa shape index (κ1) is 20.4. The van der Waals surface area contributed by atoms with Crippen molar-refractivity contribution in [1.82, 2.24) is 0 Å². The number of amides is 1. The zero-order valence-corrected chi connectivity index (χ0v) is 16.2. The molecule has 0 bridgehead atoms. The Morgan fingerprint density at radius 2 is 1.86 bits per heavy atom. The van der Waals surface area contributed by atoms with Gasteiger partial charge in [0.05, 0.1) is 0 Å². The Bertz CT molecular complexity index is 745. The van der Waals surface area contributed by atoms with E-state index < -0.39 is 18.1 Å². The van der Waals surface area contributed by atoms with Gasteiger partial charge in [0, 0.05) is 17.8 Å². The van der Waals surface area contributed by atoms with Gasteiger partial charge >= 0.3 is 0 Å². The molecule has 0 saturated heterocycles. The lowest BCUT2D eigenvalue weighted by Crippen LogP contribution is -2.44. The third-order valence-electron chi connectivity index (χ3n) is 5.35. The van der Waals surface area contributed by atoms with Crippen LogP contribution in [0.25, 0.3) is 0 Å². The minimum absolute atomic E-state index is 0.452. The fraction of sp³-hybridized carbons (Fsp3) is 0.435. The van der Waals surface area contributed by atoms with Crippen molar-refractivity contribution >= 4 is 11.6 Å². The number of carbonyl (C=O) groups excluding carboxylic acids is 1. The molecule has 0 aliphatic heterocycles. The Morgan fingerprint density at radius 1 is 1.11 bits per heavy atom. The molecule has 2 aromatic carbocycles. The van der Waals surface area contributed by atoms with Gasteiger partial charge in [-0.3, -0.25) is 4.79 Å². The van der Waals surface area contributed by atoms with Crippen molar-refractivity contribution < 1.29 is 14.6 Å². The minimum atomic E-state index is -1.21. The van der Waals surface area contributed by atoms with Crippen molar-refractivity contribution in [1.29, 1.82) is 0 Å². The molecule has 0 aromatic heterocycles. The molecular weight excluding hydrogens is 352 g/mol. The standard InChI is InChI=1S/C23H30N2O3/c24-21(14-17-8-3-1-4-9-17)22(26)23(27)25-19-12-7-13-20(15-19)28-16-18-10-5-2-6-11-18/h2,5-7,10-13,15,17,21-22,26H,1,3-4,8-9,14,16,24H2,(H,25,27)/t21-,22?/m1/s1. The molecule has 0 spiro atoms. The van der Waals surface area contributed by atoms with E-state index >= 15 is 0 Å². The molecule has 0 heterocycles. The summed E-state index contributed by atoms with van der Waals surface area (Å²) in [4.78, 5) is 12.4. The SMILES string of the molecule is N[C@H](CC1CCCCC1)C(O)C(=O)Nc1cccc(OCc2ccccc2)c1. The van der Waals surface area contributed by atoms with Crippen molar-refractivity contribution in [3.05, 3.63) is 60.2 Å². The van der Waals surface area contributed by atoms with E-state index in [0.717, 1.165) is 18.4 Å². The average molecular weight is 383 g/mol. The topological polar surface area (TPSA) is 84.6 Å². The summed E-state index contributed by atoms with van der Waals surface area (Å²) in [6.07, 6.45) is 5.47. The fourth-order valence-corrected chi connectivity index (χ4v) is 3.75. The van der Waals surface area contributed by atoms with E-state index in [1.165, 1.54) is 19.3 Å². The van der Waals surface area contributed by atoms with E-state index in [2.05, 4.69) is 5.32 Å². The van der Waals surface area contributed by atoms with Gasteiger partial charge in [-0.1, -0.05) is 68.5 Å². The Hall–Kier alpha value is -2.37. The number of carbonyl (C=O) groups is 1. The molecule has 1 amide bonds. The molecular formula is C23H30N2O3. The third-order valence-corrected chi connectivity index (χ3v) is 5.35. The first-order valence-corrected chi connectivity index (χ1v) is 10.1. The lowest BCUT2D eigenvalue weighted by molar-refractivity contribution is -0.125. The maximum absolute atomic E-state index is 12.4. The number of aliphatic hydroxyl groups is 1. The van der Waals surface area contributed by atoms with Gasteiger partial charge in [0.15, 0.2) is 0 Å². The maximum Gasteiger partial charge on any atom is 0.254 e. The summed E-state index contributed by atoms with van der Waals surface area (Å²) in [5.74, 6) is 0.701. The predicted octanol–water partition coefficient (Wildman–Crippen LogP) is 3.86. The number of benzene rings is 2. The van der Waals surface area contributed by atoms with Crippen LogP contribution in [0.5, 0.6) is 5.75 Å². The molecule has 1 saturated carbocycles. The predicted molar refractivity (Wildman–Crippen MR) is 111 cm³/mol. The zero-order chi connectivity index (χ0) is 19.8. The van der Waals surface area contributed by atoms with Gasteiger partial charge in [-0.15, -0.1) is 0 Å². The highest BCUT2D eigenvalue weighted by Gasteiger charge is 2.26. The Balaban J connectivity index is 1.51. The van der Waals surface area contributed by atoms with Crippen molar-refractivity contribution in [3.8, 4) is 5.75 Å². The quantitative estimate of drug-likeness (QED) is 0.647. The van der Waals surface area contributed by atoms with Gasteiger partial charge in [0.25, 0.3) is 5.91 Å². The van der Waals surface area contributed by atoms with Gasteiger partial charge in [-0.2, -0.15) is 0 Å². The van der Waals surface area contributed by atoms with Crippen LogP contribution in [0.4, 0.5) is 5.69 Å². The number of hydrogen-bond donors (Lipinski definition) is 3. The van der Waals surface area contributed by atoms with Crippen molar-refractivity contribution in [3.63, 3.8) is 0 Å². The van der Waals surface area contributed by atoms with E-state index in [1.807, 2.05) is 42.5 Å². The molecule has 4 N–H and O–H groups in total. The molecule has 0 radical (unpaired) electrons. The van der Waals surface area contributed by atoms with E-state index in [4.69, 9.17) is 10.5 Å². The summed E-state index contributed by atoms with van der Waals surface area (Å²) in [6.45, 7) is 0.452. The van der Waals surface area contributed by atoms with Crippen LogP contribution in [0.15, 0.2) is 54.6 Å². The lowest BCUT2D eigenvalue weighted by atomic mass is 9.84. The van der Waals surface area contributed by atoms with Gasteiger partial charge in [0.2, 0.25) is 0 Å². The maximum atomic E-state index is 12.4. The first-order valence-electron chi connectivity index (χ1n) is 10.1. The highest BCUT2D eigenvalue weighted by molar-refractivity contribution is 5.94. The van der Waals surface area contributed by atoms with Crippen LogP contribution in [-0.4, -0.2) is 23.2 Å². The summed E-state index contributed by atoms with van der Waals surface area (Å²) in [5, 5.41) is 13.1. The van der Waals surface area contributed by atoms with Gasteiger partial charge < -0.3 is 20.9 Å². The van der Waals surface area contributed by atoms with Crippen molar-refractivity contribution in [2.75, 3.05) is 5.32 Å². The third kappa shape index (κ3) is 6.08. The van der Waals surface area contributed by atoms with Crippen LogP contribution in [-0.2, 0) is 11.4 Å². The second-order valence-electron chi connectivity index (χ2n) is 7.64. The summed E-state index contributed by atoms with van der Waals surface area (Å²) in [6, 6.07) is 16.5. The number of ether oxygens (including phenoxy) is 1. The second kappa shape index (κ2) is 10.2. The van der Waals surface area contributed by atoms with Gasteiger partial charge in [-0.25, -0.2) is 0 Å². The monoisotopic (exact) mass is 382 g/mol. The molecule has 5 heteroatoms. The molecule has 1 fully saturated rings. The van der Waals surface area contributed by atoms with Crippen molar-refractivity contribution in [2.45, 2.75) is 57.3 Å². The van der Waals surface area contributed by atoms with E-state index in [-0.39, 0.29) is 0 Å². The average Bonchev–Trinajstić information content (AvgIpc) is 2.73. The van der Waals surface area contributed by atoms with Gasteiger partial charge in [-0.05, 0) is 30.0 Å². The number of nitrogens with two attached hydrogens (primary N) is 1. The first-order chi connectivity index (χ1) is 13.6. The Labute approximate surface area is 166 Å². The molecule has 3 rings (SSSR count).